The van der Waals surface area contributed by atoms with Gasteiger partial charge in [0.05, 0.1) is 0 Å². The van der Waals surface area contributed by atoms with E-state index in [1.54, 1.807) is 0 Å². The maximum Gasteiger partial charge on any atom is 0.263 e. The number of benzene rings is 2. The zero-order valence-electron chi connectivity index (χ0n) is 14.7. The molecule has 0 aliphatic carbocycles. The van der Waals surface area contributed by atoms with Crippen LogP contribution in [0.2, 0.25) is 0 Å². The number of fused-ring (bicyclic) bond motifs is 1. The Morgan fingerprint density at radius 3 is 2.67 bits per heavy atom. The van der Waals surface area contributed by atoms with Crippen LogP contribution in [0.5, 0.6) is 5.75 Å². The third-order valence-electron chi connectivity index (χ3n) is 4.70. The van der Waals surface area contributed by atoms with Crippen LogP contribution in [0.25, 0.3) is 0 Å². The van der Waals surface area contributed by atoms with Crippen molar-refractivity contribution in [1.82, 2.24) is 4.90 Å². The van der Waals surface area contributed by atoms with Crippen LogP contribution in [0, 0.1) is 13.8 Å². The van der Waals surface area contributed by atoms with Crippen LogP contribution in [-0.4, -0.2) is 23.5 Å². The molecule has 1 aliphatic rings. The van der Waals surface area contributed by atoms with Gasteiger partial charge in [-0.1, -0.05) is 43.3 Å². The van der Waals surface area contributed by atoms with E-state index >= 15 is 0 Å². The number of aryl methyl sites for hydroxylation is 2. The van der Waals surface area contributed by atoms with Crippen LogP contribution in [0.3, 0.4) is 0 Å². The first-order chi connectivity index (χ1) is 11.6. The molecule has 0 aromatic heterocycles. The van der Waals surface area contributed by atoms with Crippen molar-refractivity contribution in [1.29, 1.82) is 0 Å². The summed E-state index contributed by atoms with van der Waals surface area (Å²) >= 11 is 0. The fourth-order valence-electron chi connectivity index (χ4n) is 3.18. The summed E-state index contributed by atoms with van der Waals surface area (Å²) in [5.74, 6) is 0.903. The molecule has 0 saturated heterocycles. The molecule has 24 heavy (non-hydrogen) atoms. The Balaban J connectivity index is 1.74. The third-order valence-corrected chi connectivity index (χ3v) is 4.70. The molecular formula is C21H25NO2. The van der Waals surface area contributed by atoms with Crippen molar-refractivity contribution in [3.63, 3.8) is 0 Å². The van der Waals surface area contributed by atoms with Gasteiger partial charge in [0.25, 0.3) is 5.91 Å². The molecule has 0 radical (unpaired) electrons. The normalized spacial score (nSPS) is 14.9. The molecule has 3 heteroatoms. The Labute approximate surface area is 144 Å². The third kappa shape index (κ3) is 3.45. The van der Waals surface area contributed by atoms with E-state index in [2.05, 4.69) is 24.3 Å². The molecule has 3 rings (SSSR count). The monoisotopic (exact) mass is 323 g/mol. The number of nitrogens with zero attached hydrogens (tertiary/aromatic N) is 1. The summed E-state index contributed by atoms with van der Waals surface area (Å²) in [7, 11) is 0. The van der Waals surface area contributed by atoms with Crippen LogP contribution >= 0.6 is 0 Å². The average Bonchev–Trinajstić information content (AvgIpc) is 2.61. The predicted octanol–water partition coefficient (Wildman–Crippen LogP) is 4.05. The number of hydrogen-bond acceptors (Lipinski definition) is 2. The molecule has 1 atom stereocenters. The van der Waals surface area contributed by atoms with E-state index in [1.807, 2.05) is 43.9 Å². The van der Waals surface area contributed by atoms with E-state index in [9.17, 15) is 4.79 Å². The highest BCUT2D eigenvalue weighted by Crippen LogP contribution is 2.24. The van der Waals surface area contributed by atoms with Crippen LogP contribution in [-0.2, 0) is 17.8 Å². The van der Waals surface area contributed by atoms with Crippen molar-refractivity contribution in [3.8, 4) is 5.75 Å². The molecule has 1 aliphatic heterocycles. The minimum absolute atomic E-state index is 0.0907. The molecule has 1 amide bonds. The Morgan fingerprint density at radius 1 is 1.17 bits per heavy atom. The minimum Gasteiger partial charge on any atom is -0.480 e. The van der Waals surface area contributed by atoms with Crippen molar-refractivity contribution in [2.75, 3.05) is 6.54 Å². The van der Waals surface area contributed by atoms with Crippen molar-refractivity contribution in [2.24, 2.45) is 0 Å². The summed E-state index contributed by atoms with van der Waals surface area (Å²) in [6, 6.07) is 14.5. The lowest BCUT2D eigenvalue weighted by Gasteiger charge is -2.32. The summed E-state index contributed by atoms with van der Waals surface area (Å²) in [6.07, 6.45) is 1.17. The maximum atomic E-state index is 12.9. The van der Waals surface area contributed by atoms with Gasteiger partial charge in [-0.05, 0) is 55.0 Å². The molecule has 0 saturated carbocycles. The van der Waals surface area contributed by atoms with Crippen LogP contribution in [0.15, 0.2) is 42.5 Å². The Morgan fingerprint density at radius 2 is 1.92 bits per heavy atom. The molecular weight excluding hydrogens is 298 g/mol. The van der Waals surface area contributed by atoms with Gasteiger partial charge < -0.3 is 9.64 Å². The van der Waals surface area contributed by atoms with Crippen LogP contribution in [0.4, 0.5) is 0 Å². The summed E-state index contributed by atoms with van der Waals surface area (Å²) in [6.45, 7) is 7.51. The SMILES string of the molecule is CCC(Oc1cc(C)ccc1C)C(=O)N1CCc2ccccc2C1. The molecule has 1 heterocycles. The number of carbonyl (C=O) groups is 1. The zero-order chi connectivity index (χ0) is 17.1. The van der Waals surface area contributed by atoms with Gasteiger partial charge in [-0.2, -0.15) is 0 Å². The largest absolute Gasteiger partial charge is 0.480 e. The second kappa shape index (κ2) is 7.08. The van der Waals surface area contributed by atoms with Gasteiger partial charge >= 0.3 is 0 Å². The Kier molecular flexibility index (Phi) is 4.89. The summed E-state index contributed by atoms with van der Waals surface area (Å²) in [5.41, 5.74) is 4.81. The van der Waals surface area contributed by atoms with Crippen LogP contribution in [0.1, 0.15) is 35.6 Å². The fourth-order valence-corrected chi connectivity index (χ4v) is 3.18. The Bertz CT molecular complexity index is 738. The highest BCUT2D eigenvalue weighted by Gasteiger charge is 2.27. The molecule has 126 valence electrons. The molecule has 2 aromatic carbocycles. The quantitative estimate of drug-likeness (QED) is 0.849. The smallest absolute Gasteiger partial charge is 0.263 e. The fraction of sp³-hybridized carbons (Fsp3) is 0.381. The van der Waals surface area contributed by atoms with E-state index < -0.39 is 6.10 Å². The second-order valence-electron chi connectivity index (χ2n) is 6.56. The molecule has 0 fully saturated rings. The molecule has 1 unspecified atom stereocenters. The van der Waals surface area contributed by atoms with E-state index in [1.165, 1.54) is 11.1 Å². The predicted molar refractivity (Wildman–Crippen MR) is 96.2 cm³/mol. The molecule has 0 N–H and O–H groups in total. The highest BCUT2D eigenvalue weighted by molar-refractivity contribution is 5.81. The van der Waals surface area contributed by atoms with Gasteiger partial charge in [-0.25, -0.2) is 0 Å². The van der Waals surface area contributed by atoms with Crippen molar-refractivity contribution >= 4 is 5.91 Å². The first kappa shape index (κ1) is 16.6. The highest BCUT2D eigenvalue weighted by atomic mass is 16.5. The van der Waals surface area contributed by atoms with Crippen LogP contribution < -0.4 is 4.74 Å². The van der Waals surface area contributed by atoms with E-state index in [-0.39, 0.29) is 5.91 Å². The van der Waals surface area contributed by atoms with Crippen molar-refractivity contribution in [3.05, 3.63) is 64.7 Å². The Hall–Kier alpha value is -2.29. The lowest BCUT2D eigenvalue weighted by Crippen LogP contribution is -2.44. The lowest BCUT2D eigenvalue weighted by atomic mass is 9.99. The zero-order valence-corrected chi connectivity index (χ0v) is 14.7. The number of amides is 1. The first-order valence-corrected chi connectivity index (χ1v) is 8.68. The molecule has 0 bridgehead atoms. The van der Waals surface area contributed by atoms with Gasteiger partial charge in [-0.3, -0.25) is 4.79 Å². The van der Waals surface area contributed by atoms with Crippen molar-refractivity contribution in [2.45, 2.75) is 46.3 Å². The summed E-state index contributed by atoms with van der Waals surface area (Å²) < 4.78 is 6.09. The van der Waals surface area contributed by atoms with Gasteiger partial charge in [-0.15, -0.1) is 0 Å². The van der Waals surface area contributed by atoms with E-state index in [0.29, 0.717) is 13.0 Å². The molecule has 0 spiro atoms. The topological polar surface area (TPSA) is 29.5 Å². The second-order valence-corrected chi connectivity index (χ2v) is 6.56. The van der Waals surface area contributed by atoms with Gasteiger partial charge in [0.15, 0.2) is 6.10 Å². The number of hydrogen-bond donors (Lipinski definition) is 0. The standard InChI is InChI=1S/C21H25NO2/c1-4-19(24-20-13-15(2)9-10-16(20)3)21(23)22-12-11-17-7-5-6-8-18(17)14-22/h5-10,13,19H,4,11-12,14H2,1-3H3. The van der Waals surface area contributed by atoms with E-state index in [4.69, 9.17) is 4.74 Å². The number of rotatable bonds is 4. The average molecular weight is 323 g/mol. The maximum absolute atomic E-state index is 12.9. The summed E-state index contributed by atoms with van der Waals surface area (Å²) in [4.78, 5) is 14.9. The number of carbonyl (C=O) groups excluding carboxylic acids is 1. The van der Waals surface area contributed by atoms with Gasteiger partial charge in [0.1, 0.15) is 5.75 Å². The minimum atomic E-state index is -0.421. The van der Waals surface area contributed by atoms with Crippen molar-refractivity contribution < 1.29 is 9.53 Å². The first-order valence-electron chi connectivity index (χ1n) is 8.68. The molecule has 3 nitrogen and oxygen atoms in total. The van der Waals surface area contributed by atoms with Gasteiger partial charge in [0.2, 0.25) is 0 Å². The summed E-state index contributed by atoms with van der Waals surface area (Å²) in [5, 5.41) is 0. The molecule has 2 aromatic rings. The lowest BCUT2D eigenvalue weighted by molar-refractivity contribution is -0.139. The van der Waals surface area contributed by atoms with Gasteiger partial charge in [0, 0.05) is 13.1 Å². The number of ether oxygens (including phenoxy) is 1. The van der Waals surface area contributed by atoms with E-state index in [0.717, 1.165) is 29.8 Å².